The van der Waals surface area contributed by atoms with Gasteiger partial charge in [0.2, 0.25) is 6.79 Å². The number of hydrogen-bond donors (Lipinski definition) is 2. The zero-order valence-electron chi connectivity index (χ0n) is 11.7. The van der Waals surface area contributed by atoms with Crippen LogP contribution < -0.4 is 14.8 Å². The molecule has 0 saturated carbocycles. The number of nitrogens with one attached hydrogen (secondary N) is 1. The zero-order valence-corrected chi connectivity index (χ0v) is 11.7. The van der Waals surface area contributed by atoms with Crippen molar-refractivity contribution in [2.75, 3.05) is 19.9 Å². The second kappa shape index (κ2) is 6.78. The van der Waals surface area contributed by atoms with Crippen LogP contribution in [0.4, 0.5) is 0 Å². The van der Waals surface area contributed by atoms with Crippen molar-refractivity contribution in [2.45, 2.75) is 32.7 Å². The number of benzene rings is 1. The molecule has 0 aliphatic carbocycles. The smallest absolute Gasteiger partial charge is 0.231 e. The highest BCUT2D eigenvalue weighted by molar-refractivity contribution is 5.44. The highest BCUT2D eigenvalue weighted by Crippen LogP contribution is 2.32. The van der Waals surface area contributed by atoms with Crippen molar-refractivity contribution >= 4 is 0 Å². The van der Waals surface area contributed by atoms with Crippen LogP contribution in [0.5, 0.6) is 11.5 Å². The van der Waals surface area contributed by atoms with E-state index in [1.165, 1.54) is 5.56 Å². The van der Waals surface area contributed by atoms with Crippen molar-refractivity contribution in [1.82, 2.24) is 5.32 Å². The van der Waals surface area contributed by atoms with E-state index >= 15 is 0 Å². The van der Waals surface area contributed by atoms with Gasteiger partial charge in [-0.1, -0.05) is 13.0 Å². The van der Waals surface area contributed by atoms with Crippen LogP contribution >= 0.6 is 0 Å². The monoisotopic (exact) mass is 265 g/mol. The second-order valence-corrected chi connectivity index (χ2v) is 5.32. The lowest BCUT2D eigenvalue weighted by Gasteiger charge is -2.16. The van der Waals surface area contributed by atoms with Crippen molar-refractivity contribution in [3.8, 4) is 11.5 Å². The van der Waals surface area contributed by atoms with Crippen LogP contribution in [0.25, 0.3) is 0 Å². The van der Waals surface area contributed by atoms with E-state index in [9.17, 15) is 0 Å². The maximum atomic E-state index is 8.98. The first kappa shape index (κ1) is 14.2. The fourth-order valence-corrected chi connectivity index (χ4v) is 2.05. The zero-order chi connectivity index (χ0) is 13.7. The van der Waals surface area contributed by atoms with Crippen molar-refractivity contribution < 1.29 is 14.6 Å². The maximum absolute atomic E-state index is 8.98. The Morgan fingerprint density at radius 3 is 2.84 bits per heavy atom. The molecule has 0 fully saturated rings. The predicted octanol–water partition coefficient (Wildman–Crippen LogP) is 1.95. The minimum Gasteiger partial charge on any atom is -0.454 e. The molecule has 0 radical (unpaired) electrons. The van der Waals surface area contributed by atoms with Crippen LogP contribution in [0.15, 0.2) is 18.2 Å². The van der Waals surface area contributed by atoms with Gasteiger partial charge in [-0.2, -0.15) is 0 Å². The molecule has 0 amide bonds. The molecule has 2 N–H and O–H groups in total. The Hall–Kier alpha value is -1.26. The Balaban J connectivity index is 1.75. The summed E-state index contributed by atoms with van der Waals surface area (Å²) in [6.07, 6.45) is 2.08. The molecule has 1 aromatic rings. The summed E-state index contributed by atoms with van der Waals surface area (Å²) in [6, 6.07) is 6.57. The van der Waals surface area contributed by atoms with E-state index in [2.05, 4.69) is 24.4 Å². The van der Waals surface area contributed by atoms with Crippen LogP contribution in [0.2, 0.25) is 0 Å². The van der Waals surface area contributed by atoms with Gasteiger partial charge in [-0.3, -0.25) is 0 Å². The van der Waals surface area contributed by atoms with E-state index in [0.29, 0.717) is 18.8 Å². The predicted molar refractivity (Wildman–Crippen MR) is 74.6 cm³/mol. The summed E-state index contributed by atoms with van der Waals surface area (Å²) < 4.78 is 10.7. The summed E-state index contributed by atoms with van der Waals surface area (Å²) in [5.74, 6) is 2.01. The number of hydrogen-bond acceptors (Lipinski definition) is 4. The molecule has 2 rings (SSSR count). The summed E-state index contributed by atoms with van der Waals surface area (Å²) in [7, 11) is 0. The minimum absolute atomic E-state index is 0.238. The van der Waals surface area contributed by atoms with Gasteiger partial charge in [0.1, 0.15) is 0 Å². The molecule has 19 heavy (non-hydrogen) atoms. The Labute approximate surface area is 114 Å². The van der Waals surface area contributed by atoms with Crippen LogP contribution in [0, 0.1) is 5.92 Å². The summed E-state index contributed by atoms with van der Waals surface area (Å²) in [4.78, 5) is 0. The highest BCUT2D eigenvalue weighted by Gasteiger charge is 2.13. The van der Waals surface area contributed by atoms with Crippen LogP contribution in [-0.4, -0.2) is 31.1 Å². The quantitative estimate of drug-likeness (QED) is 0.791. The molecule has 0 aromatic heterocycles. The summed E-state index contributed by atoms with van der Waals surface area (Å²) >= 11 is 0. The summed E-state index contributed by atoms with van der Waals surface area (Å²) in [5.41, 5.74) is 1.27. The van der Waals surface area contributed by atoms with Gasteiger partial charge in [-0.05, 0) is 43.4 Å². The lowest BCUT2D eigenvalue weighted by Crippen LogP contribution is -2.31. The lowest BCUT2D eigenvalue weighted by molar-refractivity contribution is 0.174. The fraction of sp³-hybridized carbons (Fsp3) is 0.600. The second-order valence-electron chi connectivity index (χ2n) is 5.32. The number of rotatable bonds is 7. The van der Waals surface area contributed by atoms with Crippen molar-refractivity contribution in [3.05, 3.63) is 23.8 Å². The number of fused-ring (bicyclic) bond motifs is 1. The Morgan fingerprint density at radius 1 is 1.26 bits per heavy atom. The first-order valence-electron chi connectivity index (χ1n) is 6.92. The SMILES string of the molecule is CC(CO)CNC(C)CCc1ccc2c(c1)OCO2. The van der Waals surface area contributed by atoms with Crippen LogP contribution in [-0.2, 0) is 6.42 Å². The van der Waals surface area contributed by atoms with Gasteiger partial charge in [-0.25, -0.2) is 0 Å². The molecule has 2 unspecified atom stereocenters. The normalized spacial score (nSPS) is 16.4. The third-order valence-corrected chi connectivity index (χ3v) is 3.43. The fourth-order valence-electron chi connectivity index (χ4n) is 2.05. The average molecular weight is 265 g/mol. The standard InChI is InChI=1S/C15H23NO3/c1-11(9-17)8-16-12(2)3-4-13-5-6-14-15(7-13)19-10-18-14/h5-7,11-12,16-17H,3-4,8-10H2,1-2H3. The van der Waals surface area contributed by atoms with E-state index in [-0.39, 0.29) is 6.61 Å². The molecule has 4 heteroatoms. The van der Waals surface area contributed by atoms with Gasteiger partial charge < -0.3 is 19.9 Å². The van der Waals surface area contributed by atoms with Gasteiger partial charge in [0.05, 0.1) is 0 Å². The lowest BCUT2D eigenvalue weighted by atomic mass is 10.0. The Morgan fingerprint density at radius 2 is 2.05 bits per heavy atom. The molecule has 0 bridgehead atoms. The summed E-state index contributed by atoms with van der Waals surface area (Å²) in [6.45, 7) is 5.64. The highest BCUT2D eigenvalue weighted by atomic mass is 16.7. The molecule has 0 spiro atoms. The Kier molecular flexibility index (Phi) is 5.05. The molecule has 4 nitrogen and oxygen atoms in total. The van der Waals surface area contributed by atoms with E-state index in [1.54, 1.807) is 0 Å². The molecule has 1 aliphatic rings. The van der Waals surface area contributed by atoms with Gasteiger partial charge in [0.15, 0.2) is 11.5 Å². The average Bonchev–Trinajstić information content (AvgIpc) is 2.89. The van der Waals surface area contributed by atoms with Crippen molar-refractivity contribution in [2.24, 2.45) is 5.92 Å². The van der Waals surface area contributed by atoms with Gasteiger partial charge >= 0.3 is 0 Å². The van der Waals surface area contributed by atoms with Gasteiger partial charge in [-0.15, -0.1) is 0 Å². The van der Waals surface area contributed by atoms with E-state index in [1.807, 2.05) is 13.0 Å². The number of ether oxygens (including phenoxy) is 2. The van der Waals surface area contributed by atoms with E-state index in [4.69, 9.17) is 14.6 Å². The third-order valence-electron chi connectivity index (χ3n) is 3.43. The van der Waals surface area contributed by atoms with E-state index in [0.717, 1.165) is 30.9 Å². The molecule has 2 atom stereocenters. The van der Waals surface area contributed by atoms with Crippen LogP contribution in [0.1, 0.15) is 25.8 Å². The molecular weight excluding hydrogens is 242 g/mol. The van der Waals surface area contributed by atoms with E-state index < -0.39 is 0 Å². The number of aryl methyl sites for hydroxylation is 1. The van der Waals surface area contributed by atoms with Crippen molar-refractivity contribution in [3.63, 3.8) is 0 Å². The minimum atomic E-state index is 0.238. The topological polar surface area (TPSA) is 50.7 Å². The largest absolute Gasteiger partial charge is 0.454 e. The van der Waals surface area contributed by atoms with Crippen LogP contribution in [0.3, 0.4) is 0 Å². The number of aliphatic hydroxyl groups excluding tert-OH is 1. The molecule has 1 aliphatic heterocycles. The van der Waals surface area contributed by atoms with Gasteiger partial charge in [0.25, 0.3) is 0 Å². The molecule has 1 heterocycles. The number of aliphatic hydroxyl groups is 1. The molecule has 1 aromatic carbocycles. The molecular formula is C15H23NO3. The molecule has 0 saturated heterocycles. The third kappa shape index (κ3) is 4.11. The Bertz CT molecular complexity index is 408. The maximum Gasteiger partial charge on any atom is 0.231 e. The van der Waals surface area contributed by atoms with Gasteiger partial charge in [0, 0.05) is 19.2 Å². The van der Waals surface area contributed by atoms with Crippen molar-refractivity contribution in [1.29, 1.82) is 0 Å². The first-order chi connectivity index (χ1) is 9.19. The first-order valence-corrected chi connectivity index (χ1v) is 6.92. The summed E-state index contributed by atoms with van der Waals surface area (Å²) in [5, 5.41) is 12.4. The molecule has 106 valence electrons.